The summed E-state index contributed by atoms with van der Waals surface area (Å²) in [5.41, 5.74) is 6.16. The van der Waals surface area contributed by atoms with Gasteiger partial charge in [0.25, 0.3) is 0 Å². The lowest BCUT2D eigenvalue weighted by Gasteiger charge is -2.14. The van der Waals surface area contributed by atoms with Gasteiger partial charge in [0.15, 0.2) is 0 Å². The molecule has 0 radical (unpaired) electrons. The Bertz CT molecular complexity index is 431. The van der Waals surface area contributed by atoms with Gasteiger partial charge in [-0.2, -0.15) is 0 Å². The molecule has 3 N–H and O–H groups in total. The fourth-order valence-corrected chi connectivity index (χ4v) is 2.33. The molecular formula is C15H23N3O2. The molecule has 5 nitrogen and oxygen atoms in total. The van der Waals surface area contributed by atoms with Crippen LogP contribution in [0.5, 0.6) is 5.75 Å². The molecule has 1 fully saturated rings. The largest absolute Gasteiger partial charge is 0.492 e. The van der Waals surface area contributed by atoms with Crippen LogP contribution in [0.2, 0.25) is 0 Å². The number of hydrogen-bond acceptors (Lipinski definition) is 4. The Morgan fingerprint density at radius 3 is 2.90 bits per heavy atom. The summed E-state index contributed by atoms with van der Waals surface area (Å²) in [5.74, 6) is 0.778. The van der Waals surface area contributed by atoms with Gasteiger partial charge in [-0.1, -0.05) is 6.07 Å². The van der Waals surface area contributed by atoms with Crippen LogP contribution in [0.3, 0.4) is 0 Å². The number of likely N-dealkylation sites (tertiary alicyclic amines) is 1. The van der Waals surface area contributed by atoms with Gasteiger partial charge < -0.3 is 20.7 Å². The highest BCUT2D eigenvalue weighted by Crippen LogP contribution is 2.17. The molecular weight excluding hydrogens is 254 g/mol. The first kappa shape index (κ1) is 14.8. The van der Waals surface area contributed by atoms with Gasteiger partial charge in [0.1, 0.15) is 12.4 Å². The molecule has 20 heavy (non-hydrogen) atoms. The van der Waals surface area contributed by atoms with Crippen molar-refractivity contribution in [3.63, 3.8) is 0 Å². The van der Waals surface area contributed by atoms with E-state index in [9.17, 15) is 4.79 Å². The average molecular weight is 277 g/mol. The van der Waals surface area contributed by atoms with E-state index in [1.54, 1.807) is 0 Å². The topological polar surface area (TPSA) is 67.6 Å². The molecule has 1 aliphatic heterocycles. The number of benzene rings is 1. The fraction of sp³-hybridized carbons (Fsp3) is 0.533. The molecule has 0 unspecified atom stereocenters. The minimum Gasteiger partial charge on any atom is -0.492 e. The summed E-state index contributed by atoms with van der Waals surface area (Å²) >= 11 is 0. The number of nitrogens with two attached hydrogens (primary N) is 1. The quantitative estimate of drug-likeness (QED) is 0.791. The third-order valence-electron chi connectivity index (χ3n) is 3.36. The number of nitrogens with one attached hydrogen (secondary N) is 1. The smallest absolute Gasteiger partial charge is 0.225 e. The molecule has 0 atom stereocenters. The molecule has 2 rings (SSSR count). The normalized spacial score (nSPS) is 15.2. The van der Waals surface area contributed by atoms with E-state index in [1.807, 2.05) is 24.3 Å². The maximum atomic E-state index is 11.9. The lowest BCUT2D eigenvalue weighted by atomic mass is 10.3. The van der Waals surface area contributed by atoms with Gasteiger partial charge in [0.05, 0.1) is 0 Å². The van der Waals surface area contributed by atoms with E-state index in [0.29, 0.717) is 19.6 Å². The number of hydrogen-bond donors (Lipinski definition) is 2. The molecule has 1 aromatic carbocycles. The van der Waals surface area contributed by atoms with Gasteiger partial charge in [-0.25, -0.2) is 0 Å². The van der Waals surface area contributed by atoms with Crippen LogP contribution in [0, 0.1) is 0 Å². The molecule has 5 heteroatoms. The van der Waals surface area contributed by atoms with E-state index >= 15 is 0 Å². The predicted molar refractivity (Wildman–Crippen MR) is 79.9 cm³/mol. The second-order valence-electron chi connectivity index (χ2n) is 5.01. The Morgan fingerprint density at radius 2 is 2.15 bits per heavy atom. The minimum atomic E-state index is 0.0490. The Kier molecular flexibility index (Phi) is 5.83. The summed E-state index contributed by atoms with van der Waals surface area (Å²) in [5, 5.41) is 2.91. The second kappa shape index (κ2) is 7.87. The number of carbonyl (C=O) groups excluding carboxylic acids is 1. The SMILES string of the molecule is NCCOc1cccc(NC(=O)CCN2CCCC2)c1. The number of nitrogens with zero attached hydrogens (tertiary/aromatic N) is 1. The van der Waals surface area contributed by atoms with E-state index < -0.39 is 0 Å². The van der Waals surface area contributed by atoms with Crippen molar-refractivity contribution >= 4 is 11.6 Å². The predicted octanol–water partition coefficient (Wildman–Crippen LogP) is 1.45. The van der Waals surface area contributed by atoms with Gasteiger partial charge in [0, 0.05) is 31.3 Å². The van der Waals surface area contributed by atoms with Crippen LogP contribution in [0.4, 0.5) is 5.69 Å². The van der Waals surface area contributed by atoms with Crippen LogP contribution in [0.1, 0.15) is 19.3 Å². The average Bonchev–Trinajstić information content (AvgIpc) is 2.97. The lowest BCUT2D eigenvalue weighted by Crippen LogP contribution is -2.25. The van der Waals surface area contributed by atoms with Crippen molar-refractivity contribution in [1.29, 1.82) is 0 Å². The van der Waals surface area contributed by atoms with Gasteiger partial charge in [-0.3, -0.25) is 4.79 Å². The number of ether oxygens (including phenoxy) is 1. The second-order valence-corrected chi connectivity index (χ2v) is 5.01. The first-order valence-corrected chi connectivity index (χ1v) is 7.23. The zero-order valence-corrected chi connectivity index (χ0v) is 11.8. The van der Waals surface area contributed by atoms with E-state index in [4.69, 9.17) is 10.5 Å². The third kappa shape index (κ3) is 4.83. The molecule has 1 saturated heterocycles. The zero-order chi connectivity index (χ0) is 14.2. The molecule has 0 aromatic heterocycles. The summed E-state index contributed by atoms with van der Waals surface area (Å²) in [7, 11) is 0. The van der Waals surface area contributed by atoms with Crippen molar-refractivity contribution in [1.82, 2.24) is 4.90 Å². The van der Waals surface area contributed by atoms with Crippen molar-refractivity contribution in [2.75, 3.05) is 38.1 Å². The highest BCUT2D eigenvalue weighted by molar-refractivity contribution is 5.91. The number of anilines is 1. The van der Waals surface area contributed by atoms with Crippen LogP contribution in [-0.4, -0.2) is 43.6 Å². The first-order chi connectivity index (χ1) is 9.78. The molecule has 1 aliphatic rings. The van der Waals surface area contributed by atoms with Crippen LogP contribution in [0.15, 0.2) is 24.3 Å². The monoisotopic (exact) mass is 277 g/mol. The summed E-state index contributed by atoms with van der Waals surface area (Å²) in [4.78, 5) is 14.2. The number of carbonyl (C=O) groups is 1. The maximum Gasteiger partial charge on any atom is 0.225 e. The summed E-state index contributed by atoms with van der Waals surface area (Å²) < 4.78 is 5.43. The Labute approximate surface area is 120 Å². The van der Waals surface area contributed by atoms with Crippen molar-refractivity contribution in [3.8, 4) is 5.75 Å². The molecule has 1 amide bonds. The van der Waals surface area contributed by atoms with E-state index in [0.717, 1.165) is 31.1 Å². The fourth-order valence-electron chi connectivity index (χ4n) is 2.33. The van der Waals surface area contributed by atoms with Crippen molar-refractivity contribution in [3.05, 3.63) is 24.3 Å². The van der Waals surface area contributed by atoms with Gasteiger partial charge in [-0.05, 0) is 38.1 Å². The van der Waals surface area contributed by atoms with E-state index in [2.05, 4.69) is 10.2 Å². The Morgan fingerprint density at radius 1 is 1.35 bits per heavy atom. The van der Waals surface area contributed by atoms with Crippen molar-refractivity contribution in [2.45, 2.75) is 19.3 Å². The summed E-state index contributed by atoms with van der Waals surface area (Å²) in [6.07, 6.45) is 3.04. The molecule has 0 aliphatic carbocycles. The standard InChI is InChI=1S/C15H23N3O2/c16-7-11-20-14-5-3-4-13(12-14)17-15(19)6-10-18-8-1-2-9-18/h3-5,12H,1-2,6-11,16H2,(H,17,19). The maximum absolute atomic E-state index is 11.9. The molecule has 110 valence electrons. The molecule has 1 heterocycles. The summed E-state index contributed by atoms with van der Waals surface area (Å²) in [6.45, 7) is 4.04. The number of amides is 1. The van der Waals surface area contributed by atoms with Crippen LogP contribution in [0.25, 0.3) is 0 Å². The van der Waals surface area contributed by atoms with Crippen LogP contribution in [-0.2, 0) is 4.79 Å². The Hall–Kier alpha value is -1.59. The highest BCUT2D eigenvalue weighted by Gasteiger charge is 2.12. The van der Waals surface area contributed by atoms with Gasteiger partial charge in [-0.15, -0.1) is 0 Å². The lowest BCUT2D eigenvalue weighted by molar-refractivity contribution is -0.116. The van der Waals surface area contributed by atoms with E-state index in [-0.39, 0.29) is 5.91 Å². The minimum absolute atomic E-state index is 0.0490. The van der Waals surface area contributed by atoms with Gasteiger partial charge >= 0.3 is 0 Å². The number of rotatable bonds is 7. The van der Waals surface area contributed by atoms with E-state index in [1.165, 1.54) is 12.8 Å². The molecule has 0 bridgehead atoms. The van der Waals surface area contributed by atoms with Gasteiger partial charge in [0.2, 0.25) is 5.91 Å². The van der Waals surface area contributed by atoms with Crippen LogP contribution < -0.4 is 15.8 Å². The molecule has 0 saturated carbocycles. The molecule has 1 aromatic rings. The van der Waals surface area contributed by atoms with Crippen LogP contribution >= 0.6 is 0 Å². The van der Waals surface area contributed by atoms with Crippen molar-refractivity contribution < 1.29 is 9.53 Å². The molecule has 0 spiro atoms. The zero-order valence-electron chi connectivity index (χ0n) is 11.8. The Balaban J connectivity index is 1.77. The first-order valence-electron chi connectivity index (χ1n) is 7.23. The highest BCUT2D eigenvalue weighted by atomic mass is 16.5. The third-order valence-corrected chi connectivity index (χ3v) is 3.36. The van der Waals surface area contributed by atoms with Crippen molar-refractivity contribution in [2.24, 2.45) is 5.73 Å². The summed E-state index contributed by atoms with van der Waals surface area (Å²) in [6, 6.07) is 7.41.